The van der Waals surface area contributed by atoms with Crippen molar-refractivity contribution >= 4 is 30.4 Å². The van der Waals surface area contributed by atoms with Gasteiger partial charge in [-0.25, -0.2) is 0 Å². The van der Waals surface area contributed by atoms with E-state index in [-0.39, 0.29) is 37.2 Å². The fourth-order valence-electron chi connectivity index (χ4n) is 15.3. The highest BCUT2D eigenvalue weighted by molar-refractivity contribution is 7.54. The molecule has 4 aliphatic rings. The predicted molar refractivity (Wildman–Crippen MR) is 495 cm³/mol. The van der Waals surface area contributed by atoms with Crippen LogP contribution in [0.5, 0.6) is 23.0 Å². The van der Waals surface area contributed by atoms with Crippen LogP contribution in [0.2, 0.25) is 0 Å². The minimum atomic E-state index is -3.86. The predicted octanol–water partition coefficient (Wildman–Crippen LogP) is 23.3. The molecule has 4 aliphatic heterocycles. The zero-order valence-corrected chi connectivity index (χ0v) is 86.0. The maximum Gasteiger partial charge on any atom is 0.345 e. The molecule has 0 amide bonds. The monoisotopic (exact) mass is 1820 g/mol. The van der Waals surface area contributed by atoms with Crippen molar-refractivity contribution in [2.24, 2.45) is 5.73 Å². The zero-order valence-electron chi connectivity index (χ0n) is 82.4. The van der Waals surface area contributed by atoms with Crippen LogP contribution >= 0.6 is 30.4 Å². The van der Waals surface area contributed by atoms with Crippen LogP contribution in [0.15, 0.2) is 72.8 Å². The normalized spacial score (nSPS) is 17.7. The lowest BCUT2D eigenvalue weighted by Crippen LogP contribution is -2.46. The first kappa shape index (κ1) is 107. The van der Waals surface area contributed by atoms with Gasteiger partial charge in [0.25, 0.3) is 0 Å². The Bertz CT molecular complexity index is 4230. The molecule has 0 bridgehead atoms. The van der Waals surface area contributed by atoms with E-state index in [4.69, 9.17) is 79.8 Å². The molecular formula is C94H162N6O20P4. The summed E-state index contributed by atoms with van der Waals surface area (Å²) in [4.78, 5) is 10.9. The number of hydrogen-bond donors (Lipinski definition) is 1. The molecule has 0 unspecified atom stereocenters. The molecule has 26 nitrogen and oxygen atoms in total. The molecule has 0 aliphatic carbocycles. The van der Waals surface area contributed by atoms with Gasteiger partial charge in [-0.1, -0.05) is 85.6 Å². The molecule has 2 atom stereocenters. The van der Waals surface area contributed by atoms with Crippen molar-refractivity contribution in [1.29, 1.82) is 0 Å². The molecule has 8 rings (SSSR count). The van der Waals surface area contributed by atoms with Gasteiger partial charge in [0.05, 0.1) is 71.2 Å². The van der Waals surface area contributed by atoms with E-state index in [1.807, 2.05) is 282 Å². The lowest BCUT2D eigenvalue weighted by Gasteiger charge is -2.41. The van der Waals surface area contributed by atoms with Crippen LogP contribution in [-0.2, 0) is 126 Å². The highest BCUT2D eigenvalue weighted by Gasteiger charge is 2.47. The fraction of sp³-hybridized carbons (Fsp3) is 0.745. The van der Waals surface area contributed by atoms with Crippen LogP contribution in [0, 0.1) is 0 Å². The lowest BCUT2D eigenvalue weighted by atomic mass is 10.0. The maximum atomic E-state index is 15.4. The van der Waals surface area contributed by atoms with E-state index in [1.54, 1.807) is 0 Å². The number of rotatable bonds is 39. The van der Waals surface area contributed by atoms with E-state index < -0.39 is 98.3 Å². The molecule has 4 aromatic carbocycles. The molecule has 708 valence electrons. The number of fused-ring (bicyclic) bond motifs is 4. The molecule has 0 saturated heterocycles. The summed E-state index contributed by atoms with van der Waals surface area (Å²) in [7, 11) is -11.2. The fourth-order valence-corrected chi connectivity index (χ4v) is 25.5. The Labute approximate surface area is 747 Å². The van der Waals surface area contributed by atoms with E-state index >= 15 is 18.3 Å². The topological polar surface area (TPSA) is 258 Å². The molecule has 0 radical (unpaired) electrons. The van der Waals surface area contributed by atoms with Crippen LogP contribution in [0.25, 0.3) is 0 Å². The highest BCUT2D eigenvalue weighted by Crippen LogP contribution is 2.60. The van der Waals surface area contributed by atoms with Crippen molar-refractivity contribution in [2.45, 2.75) is 393 Å². The van der Waals surface area contributed by atoms with Gasteiger partial charge < -0.3 is 84.7 Å². The highest BCUT2D eigenvalue weighted by atomic mass is 31.2. The summed E-state index contributed by atoms with van der Waals surface area (Å²) in [6.45, 7) is 65.8. The Morgan fingerprint density at radius 2 is 0.565 bits per heavy atom. The first-order chi connectivity index (χ1) is 56.4. The Hall–Kier alpha value is -3.72. The van der Waals surface area contributed by atoms with Crippen molar-refractivity contribution in [3.05, 3.63) is 117 Å². The Morgan fingerprint density at radius 1 is 0.339 bits per heavy atom. The number of hydrogen-bond acceptors (Lipinski definition) is 26. The standard InChI is InChI=1S/C48H83N3O10P2.C46H79N3O10P2/c1-43(2,3)58-62(52,59-44(4,5)6)34-50(29-36-23-21-25-38-32-54-47(13,14)56-41(36)38)31-40(27-19-20-28-49(17)18)51(35-63(53,60-45(7,8)9)61-46(10,11)12)30-37-24-22-26-39-33-55-48(15,16)57-42(37)39;1-41(2,3)56-60(50,57-42(4,5)6)32-48(27-34-21-19-23-36-30-52-45(13,14)54-39(34)36)29-38(25-17-18-26-47)49(33-61(51,58-43(7,8)9)59-44(10,11)12)28-35-22-20-24-37-31-53-46(15,16)55-40(35)37/h21-26,40H,19-20,27-35H2,1-18H3;19-24,38H,17-18,25-33,47H2,1-16H3/t40-;38-/m00/s1. The largest absolute Gasteiger partial charge is 0.462 e. The van der Waals surface area contributed by atoms with Gasteiger partial charge in [0.1, 0.15) is 48.1 Å². The molecule has 2 N–H and O–H groups in total. The van der Waals surface area contributed by atoms with Gasteiger partial charge in [0.15, 0.2) is 0 Å². The average molecular weight is 1820 g/mol. The van der Waals surface area contributed by atoms with Gasteiger partial charge in [0.2, 0.25) is 23.1 Å². The molecule has 0 spiro atoms. The third kappa shape index (κ3) is 37.5. The smallest absolute Gasteiger partial charge is 0.345 e. The summed E-state index contributed by atoms with van der Waals surface area (Å²) in [5.41, 5.74) is 7.30. The van der Waals surface area contributed by atoms with Gasteiger partial charge in [-0.3, -0.25) is 37.9 Å². The van der Waals surface area contributed by atoms with Crippen molar-refractivity contribution < 1.29 is 92.3 Å². The third-order valence-corrected chi connectivity index (χ3v) is 28.6. The number of nitrogens with two attached hydrogens (primary N) is 1. The van der Waals surface area contributed by atoms with E-state index in [0.29, 0.717) is 85.1 Å². The second-order valence-electron chi connectivity index (χ2n) is 43.8. The van der Waals surface area contributed by atoms with Crippen molar-refractivity contribution in [3.63, 3.8) is 0 Å². The summed E-state index contributed by atoms with van der Waals surface area (Å²) in [5.74, 6) is -0.375. The molecule has 4 aromatic rings. The zero-order chi connectivity index (χ0) is 93.3. The van der Waals surface area contributed by atoms with E-state index in [0.717, 1.165) is 99.7 Å². The maximum absolute atomic E-state index is 15.4. The molecule has 0 saturated carbocycles. The van der Waals surface area contributed by atoms with Crippen LogP contribution in [0.3, 0.4) is 0 Å². The number of para-hydroxylation sites is 4. The Kier molecular flexibility index (Phi) is 36.4. The average Bonchev–Trinajstić information content (AvgIpc) is 0.789. The number of benzene rings is 4. The van der Waals surface area contributed by atoms with Crippen LogP contribution in [-0.4, -0.2) is 170 Å². The Balaban J connectivity index is 0.000000341. The second-order valence-corrected chi connectivity index (χ2v) is 51.3. The van der Waals surface area contributed by atoms with Gasteiger partial charge in [0, 0.05) is 151 Å². The first-order valence-corrected chi connectivity index (χ1v) is 51.3. The number of ether oxygens (including phenoxy) is 8. The summed E-state index contributed by atoms with van der Waals surface area (Å²) in [6.07, 6.45) is 4.66. The van der Waals surface area contributed by atoms with E-state index in [2.05, 4.69) is 50.7 Å². The molecule has 124 heavy (non-hydrogen) atoms. The molecule has 0 fully saturated rings. The minimum absolute atomic E-state index is 0.0126. The minimum Gasteiger partial charge on any atom is -0.462 e. The van der Waals surface area contributed by atoms with Gasteiger partial charge in [-0.2, -0.15) is 0 Å². The van der Waals surface area contributed by atoms with Gasteiger partial charge in [-0.15, -0.1) is 0 Å². The van der Waals surface area contributed by atoms with Crippen molar-refractivity contribution in [3.8, 4) is 23.0 Å². The number of nitrogens with zero attached hydrogens (tertiary/aromatic N) is 5. The molecule has 4 heterocycles. The van der Waals surface area contributed by atoms with E-state index in [1.165, 1.54) is 0 Å². The lowest BCUT2D eigenvalue weighted by molar-refractivity contribution is -0.181. The molecular weight excluding hydrogens is 1660 g/mol. The third-order valence-electron chi connectivity index (χ3n) is 19.1. The Morgan fingerprint density at radius 3 is 0.790 bits per heavy atom. The summed E-state index contributed by atoms with van der Waals surface area (Å²) in [6, 6.07) is 23.7. The van der Waals surface area contributed by atoms with Crippen LogP contribution in [0.1, 0.15) is 305 Å². The van der Waals surface area contributed by atoms with Gasteiger partial charge >= 0.3 is 30.4 Å². The van der Waals surface area contributed by atoms with Crippen LogP contribution < -0.4 is 24.7 Å². The van der Waals surface area contributed by atoms with E-state index in [9.17, 15) is 0 Å². The quantitative estimate of drug-likeness (QED) is 0.0321. The number of unbranched alkanes of at least 4 members (excludes halogenated alkanes) is 2. The summed E-state index contributed by atoms with van der Waals surface area (Å²) >= 11 is 0. The summed E-state index contributed by atoms with van der Waals surface area (Å²) < 4.78 is 163. The molecule has 30 heteroatoms. The first-order valence-electron chi connectivity index (χ1n) is 44.4. The SMILES string of the molecule is CC(C)(C)OP(=O)(CN(Cc1cccc2c1OC(C)(C)OC2)C[C@H](CCCCN)N(Cc1cccc2c1OC(C)(C)OC2)CP(=O)(OC(C)(C)C)OC(C)(C)C)OC(C)(C)C.CN(C)CCCC[C@@H](CN(Cc1cccc2c1OC(C)(C)OC2)CP(=O)(OC(C)(C)C)OC(C)(C)C)N(Cc1cccc2c1OC(C)(C)OC2)CP(=O)(OC(C)(C)C)OC(C)(C)C. The van der Waals surface area contributed by atoms with Gasteiger partial charge in [-0.05, 0) is 219 Å². The van der Waals surface area contributed by atoms with Crippen LogP contribution in [0.4, 0.5) is 0 Å². The summed E-state index contributed by atoms with van der Waals surface area (Å²) in [5, 5.41) is 0. The second kappa shape index (κ2) is 42.0. The van der Waals surface area contributed by atoms with Crippen molar-refractivity contribution in [1.82, 2.24) is 24.5 Å². The van der Waals surface area contributed by atoms with Crippen molar-refractivity contribution in [2.75, 3.05) is 65.4 Å². The molecule has 0 aromatic heterocycles.